The van der Waals surface area contributed by atoms with Crippen molar-refractivity contribution in [2.45, 2.75) is 13.1 Å². The van der Waals surface area contributed by atoms with E-state index in [1.54, 1.807) is 0 Å². The second-order valence-corrected chi connectivity index (χ2v) is 19.0. The van der Waals surface area contributed by atoms with Gasteiger partial charge >= 0.3 is 0 Å². The molecule has 0 aliphatic carbocycles. The van der Waals surface area contributed by atoms with Crippen molar-refractivity contribution in [2.75, 3.05) is 7.05 Å². The summed E-state index contributed by atoms with van der Waals surface area (Å²) in [6, 6.07) is 75.8. The highest BCUT2D eigenvalue weighted by atomic mass is 31.2. The molecular weight excluding hydrogens is 661 g/mol. The Kier molecular flexibility index (Phi) is 11.7. The van der Waals surface area contributed by atoms with Gasteiger partial charge in [-0.3, -0.25) is 4.67 Å². The minimum atomic E-state index is -0.889. The Hall–Kier alpha value is -4.25. The van der Waals surface area contributed by atoms with E-state index in [9.17, 15) is 0 Å². The molecule has 0 aromatic heterocycles. The van der Waals surface area contributed by atoms with Crippen LogP contribution in [0.2, 0.25) is 0 Å². The molecule has 7 aromatic carbocycles. The summed E-state index contributed by atoms with van der Waals surface area (Å²) in [6.45, 7) is 1.67. The van der Waals surface area contributed by atoms with Gasteiger partial charge in [-0.15, -0.1) is 0 Å². The van der Waals surface area contributed by atoms with Gasteiger partial charge in [-0.1, -0.05) is 206 Å². The Morgan fingerprint density at radius 2 is 0.540 bits per heavy atom. The Bertz CT molecular complexity index is 1830. The van der Waals surface area contributed by atoms with E-state index in [1.165, 1.54) is 43.0 Å². The molecule has 0 spiro atoms. The van der Waals surface area contributed by atoms with Crippen LogP contribution in [0.1, 0.15) is 11.1 Å². The molecule has 0 aliphatic rings. The van der Waals surface area contributed by atoms with Gasteiger partial charge in [0.1, 0.15) is 0 Å². The number of rotatable bonds is 13. The van der Waals surface area contributed by atoms with Crippen LogP contribution in [-0.2, 0) is 13.1 Å². The standard InChI is InChI=1S/C45H41N2P3/c1-46(48(40-24-8-2-9-25-40)41-26-10-3-11-27-41)36-38-22-20-21-23-39(38)37-47(49(42-28-12-4-13-29-42)43-30-14-5-15-31-43)50(44-32-16-6-17-33-44)45-34-18-7-19-35-45/h2-35H,36-37H2,1H3. The minimum absolute atomic E-state index is 0.710. The van der Waals surface area contributed by atoms with Crippen molar-refractivity contribution in [3.05, 3.63) is 217 Å². The summed E-state index contributed by atoms with van der Waals surface area (Å²) in [6.07, 6.45) is 0. The van der Waals surface area contributed by atoms with E-state index in [0.29, 0.717) is 0 Å². The lowest BCUT2D eigenvalue weighted by atomic mass is 10.1. The summed E-state index contributed by atoms with van der Waals surface area (Å²) >= 11 is 0. The molecule has 0 aliphatic heterocycles. The van der Waals surface area contributed by atoms with Gasteiger partial charge in [-0.25, -0.2) is 4.44 Å². The van der Waals surface area contributed by atoms with Crippen molar-refractivity contribution in [1.29, 1.82) is 0 Å². The van der Waals surface area contributed by atoms with Crippen LogP contribution in [0.4, 0.5) is 0 Å². The second kappa shape index (κ2) is 17.1. The SMILES string of the molecule is CN(Cc1ccccc1CN(P(c1ccccc1)c1ccccc1)P(c1ccccc1)c1ccccc1)P(c1ccccc1)c1ccccc1. The molecule has 0 bridgehead atoms. The largest absolute Gasteiger partial charge is 0.274 e. The zero-order valence-electron chi connectivity index (χ0n) is 28.3. The van der Waals surface area contributed by atoms with Crippen LogP contribution in [0.25, 0.3) is 0 Å². The number of benzene rings is 7. The highest BCUT2D eigenvalue weighted by molar-refractivity contribution is 7.84. The first kappa shape index (κ1) is 34.2. The van der Waals surface area contributed by atoms with Gasteiger partial charge in [0.05, 0.1) is 0 Å². The van der Waals surface area contributed by atoms with Crippen LogP contribution < -0.4 is 31.8 Å². The lowest BCUT2D eigenvalue weighted by molar-refractivity contribution is 0.546. The van der Waals surface area contributed by atoms with Crippen molar-refractivity contribution >= 4 is 56.0 Å². The fourth-order valence-corrected chi connectivity index (χ4v) is 14.7. The molecule has 2 nitrogen and oxygen atoms in total. The third-order valence-electron chi connectivity index (χ3n) is 8.64. The summed E-state index contributed by atoms with van der Waals surface area (Å²) in [7, 11) is -0.195. The molecule has 246 valence electrons. The molecule has 0 N–H and O–H groups in total. The maximum Gasteiger partial charge on any atom is 0.0328 e. The zero-order chi connectivity index (χ0) is 34.0. The third-order valence-corrected chi connectivity index (χ3v) is 16.5. The molecule has 0 atom stereocenters. The van der Waals surface area contributed by atoms with Gasteiger partial charge in [0.25, 0.3) is 0 Å². The fourth-order valence-electron chi connectivity index (χ4n) is 6.36. The first-order valence-corrected chi connectivity index (χ1v) is 20.9. The Balaban J connectivity index is 1.35. The monoisotopic (exact) mass is 702 g/mol. The maximum atomic E-state index is 2.84. The van der Waals surface area contributed by atoms with Crippen LogP contribution >= 0.6 is 24.2 Å². The number of nitrogens with zero attached hydrogens (tertiary/aromatic N) is 2. The summed E-state index contributed by atoms with van der Waals surface area (Å²) in [5.41, 5.74) is 2.74. The van der Waals surface area contributed by atoms with E-state index < -0.39 is 24.2 Å². The average Bonchev–Trinajstić information content (AvgIpc) is 3.18. The number of hydrogen-bond acceptors (Lipinski definition) is 2. The van der Waals surface area contributed by atoms with Gasteiger partial charge in [0.15, 0.2) is 0 Å². The van der Waals surface area contributed by atoms with Crippen molar-refractivity contribution in [1.82, 2.24) is 9.11 Å². The van der Waals surface area contributed by atoms with Gasteiger partial charge < -0.3 is 0 Å². The van der Waals surface area contributed by atoms with Gasteiger partial charge in [0.2, 0.25) is 0 Å². The lowest BCUT2D eigenvalue weighted by Crippen LogP contribution is -2.32. The second-order valence-electron chi connectivity index (χ2n) is 12.1. The average molecular weight is 703 g/mol. The molecule has 0 saturated heterocycles. The van der Waals surface area contributed by atoms with Crippen molar-refractivity contribution < 1.29 is 0 Å². The zero-order valence-corrected chi connectivity index (χ0v) is 31.0. The fraction of sp³-hybridized carbons (Fsp3) is 0.0667. The molecule has 7 rings (SSSR count). The molecule has 7 aromatic rings. The molecule has 0 fully saturated rings. The molecule has 50 heavy (non-hydrogen) atoms. The maximum absolute atomic E-state index is 2.84. The van der Waals surface area contributed by atoms with Crippen LogP contribution in [0.3, 0.4) is 0 Å². The van der Waals surface area contributed by atoms with E-state index in [0.717, 1.165) is 13.1 Å². The van der Waals surface area contributed by atoms with Crippen molar-refractivity contribution in [3.63, 3.8) is 0 Å². The molecule has 0 amide bonds. The topological polar surface area (TPSA) is 6.48 Å². The van der Waals surface area contributed by atoms with Crippen LogP contribution in [0.15, 0.2) is 206 Å². The summed E-state index contributed by atoms with van der Waals surface area (Å²) in [5, 5.41) is 8.17. The summed E-state index contributed by atoms with van der Waals surface area (Å²) < 4.78 is 5.41. The van der Waals surface area contributed by atoms with E-state index in [-0.39, 0.29) is 0 Å². The Morgan fingerprint density at radius 1 is 0.300 bits per heavy atom. The predicted molar refractivity (Wildman–Crippen MR) is 221 cm³/mol. The van der Waals surface area contributed by atoms with Gasteiger partial charge in [-0.2, -0.15) is 0 Å². The third kappa shape index (κ3) is 8.20. The Morgan fingerprint density at radius 3 is 0.840 bits per heavy atom. The molecule has 0 radical (unpaired) electrons. The van der Waals surface area contributed by atoms with Crippen molar-refractivity contribution in [2.24, 2.45) is 0 Å². The predicted octanol–water partition coefficient (Wildman–Crippen LogP) is 9.06. The molecule has 5 heteroatoms. The normalized spacial score (nSPS) is 11.6. The molecule has 0 unspecified atom stereocenters. The quantitative estimate of drug-likeness (QED) is 0.111. The summed E-state index contributed by atoms with van der Waals surface area (Å²) in [4.78, 5) is 0. The van der Waals surface area contributed by atoms with Gasteiger partial charge in [-0.05, 0) is 50.0 Å². The summed E-state index contributed by atoms with van der Waals surface area (Å²) in [5.74, 6) is 0. The van der Waals surface area contributed by atoms with Crippen LogP contribution in [0.5, 0.6) is 0 Å². The van der Waals surface area contributed by atoms with E-state index >= 15 is 0 Å². The highest BCUT2D eigenvalue weighted by Gasteiger charge is 2.32. The smallest absolute Gasteiger partial charge is 0.0328 e. The van der Waals surface area contributed by atoms with Crippen molar-refractivity contribution in [3.8, 4) is 0 Å². The van der Waals surface area contributed by atoms with E-state index in [2.05, 4.69) is 222 Å². The van der Waals surface area contributed by atoms with Crippen LogP contribution in [-0.4, -0.2) is 16.2 Å². The molecular formula is C45H41N2P3. The number of hydrogen-bond donors (Lipinski definition) is 0. The van der Waals surface area contributed by atoms with E-state index in [1.807, 2.05) is 0 Å². The first-order chi connectivity index (χ1) is 24.8. The lowest BCUT2D eigenvalue weighted by Gasteiger charge is -2.39. The van der Waals surface area contributed by atoms with E-state index in [4.69, 9.17) is 0 Å². The molecule has 0 saturated carbocycles. The van der Waals surface area contributed by atoms with Crippen LogP contribution in [0, 0.1) is 0 Å². The van der Waals surface area contributed by atoms with Gasteiger partial charge in [0, 0.05) is 37.3 Å². The highest BCUT2D eigenvalue weighted by Crippen LogP contribution is 2.55. The Labute approximate surface area is 301 Å². The first-order valence-electron chi connectivity index (χ1n) is 17.0. The minimum Gasteiger partial charge on any atom is -0.274 e. The molecule has 0 heterocycles.